The second-order valence-electron chi connectivity index (χ2n) is 4.71. The predicted octanol–water partition coefficient (Wildman–Crippen LogP) is 2.28. The standard InChI is InChI=1S/C10H19NOS.ClH/c1-10(2)7-12-9(11-10)8-3-5-13-6-4-8;/h8-9,11H,3-7H2,1-2H3;1H. The zero-order chi connectivity index (χ0) is 9.31. The SMILES string of the molecule is CC1(C)COC(C2CCSCC2)N1.Cl. The van der Waals surface area contributed by atoms with E-state index in [0.717, 1.165) is 12.5 Å². The van der Waals surface area contributed by atoms with Crippen molar-refractivity contribution < 1.29 is 4.74 Å². The lowest BCUT2D eigenvalue weighted by atomic mass is 10.00. The van der Waals surface area contributed by atoms with E-state index in [9.17, 15) is 0 Å². The Kier molecular flexibility index (Phi) is 4.56. The Balaban J connectivity index is 0.000000980. The largest absolute Gasteiger partial charge is 0.361 e. The molecular weight excluding hydrogens is 218 g/mol. The molecule has 1 unspecified atom stereocenters. The van der Waals surface area contributed by atoms with Crippen LogP contribution in [-0.4, -0.2) is 29.9 Å². The van der Waals surface area contributed by atoms with Gasteiger partial charge in [0.2, 0.25) is 0 Å². The van der Waals surface area contributed by atoms with Crippen LogP contribution < -0.4 is 5.32 Å². The van der Waals surface area contributed by atoms with Gasteiger partial charge in [-0.3, -0.25) is 5.32 Å². The highest BCUT2D eigenvalue weighted by Crippen LogP contribution is 2.29. The van der Waals surface area contributed by atoms with Gasteiger partial charge in [0, 0.05) is 11.5 Å². The molecule has 0 aromatic carbocycles. The van der Waals surface area contributed by atoms with Crippen molar-refractivity contribution in [1.29, 1.82) is 0 Å². The van der Waals surface area contributed by atoms with Gasteiger partial charge in [-0.05, 0) is 38.2 Å². The van der Waals surface area contributed by atoms with Crippen LogP contribution >= 0.6 is 24.2 Å². The highest BCUT2D eigenvalue weighted by Gasteiger charge is 2.35. The first-order valence-electron chi connectivity index (χ1n) is 5.14. The summed E-state index contributed by atoms with van der Waals surface area (Å²) in [6.45, 7) is 5.29. The number of ether oxygens (including phenoxy) is 1. The Morgan fingerprint density at radius 3 is 2.43 bits per heavy atom. The third kappa shape index (κ3) is 3.02. The molecule has 0 saturated carbocycles. The van der Waals surface area contributed by atoms with E-state index in [4.69, 9.17) is 4.74 Å². The Morgan fingerprint density at radius 1 is 1.29 bits per heavy atom. The summed E-state index contributed by atoms with van der Waals surface area (Å²) in [6.07, 6.45) is 2.97. The minimum absolute atomic E-state index is 0. The fraction of sp³-hybridized carbons (Fsp3) is 1.00. The number of hydrogen-bond acceptors (Lipinski definition) is 3. The molecule has 14 heavy (non-hydrogen) atoms. The molecule has 1 N–H and O–H groups in total. The quantitative estimate of drug-likeness (QED) is 0.756. The highest BCUT2D eigenvalue weighted by atomic mass is 35.5. The van der Waals surface area contributed by atoms with E-state index in [2.05, 4.69) is 30.9 Å². The maximum absolute atomic E-state index is 5.79. The summed E-state index contributed by atoms with van der Waals surface area (Å²) in [7, 11) is 0. The lowest BCUT2D eigenvalue weighted by molar-refractivity contribution is 0.0478. The summed E-state index contributed by atoms with van der Waals surface area (Å²) in [5.74, 6) is 3.38. The molecule has 0 aliphatic carbocycles. The molecule has 1 atom stereocenters. The van der Waals surface area contributed by atoms with Gasteiger partial charge in [0.05, 0.1) is 6.61 Å². The second kappa shape index (κ2) is 5.06. The molecule has 2 nitrogen and oxygen atoms in total. The van der Waals surface area contributed by atoms with Crippen LogP contribution in [0.25, 0.3) is 0 Å². The molecule has 4 heteroatoms. The Morgan fingerprint density at radius 2 is 1.93 bits per heavy atom. The van der Waals surface area contributed by atoms with Gasteiger partial charge < -0.3 is 4.74 Å². The summed E-state index contributed by atoms with van der Waals surface area (Å²) in [5, 5.41) is 3.57. The van der Waals surface area contributed by atoms with Crippen molar-refractivity contribution in [2.45, 2.75) is 38.5 Å². The first kappa shape index (κ1) is 12.6. The first-order chi connectivity index (χ1) is 6.17. The zero-order valence-corrected chi connectivity index (χ0v) is 10.5. The minimum Gasteiger partial charge on any atom is -0.361 e. The zero-order valence-electron chi connectivity index (χ0n) is 8.91. The van der Waals surface area contributed by atoms with Crippen molar-refractivity contribution in [1.82, 2.24) is 5.32 Å². The third-order valence-corrected chi connectivity index (χ3v) is 3.90. The van der Waals surface area contributed by atoms with Gasteiger partial charge in [-0.25, -0.2) is 0 Å². The molecule has 0 amide bonds. The third-order valence-electron chi connectivity index (χ3n) is 2.85. The molecule has 0 aromatic rings. The van der Waals surface area contributed by atoms with Gasteiger partial charge in [-0.1, -0.05) is 0 Å². The minimum atomic E-state index is 0. The van der Waals surface area contributed by atoms with Crippen LogP contribution in [0.15, 0.2) is 0 Å². The van der Waals surface area contributed by atoms with Crippen molar-refractivity contribution in [2.24, 2.45) is 5.92 Å². The molecule has 0 bridgehead atoms. The Labute approximate surface area is 97.0 Å². The normalized spacial score (nSPS) is 32.6. The fourth-order valence-electron chi connectivity index (χ4n) is 2.04. The lowest BCUT2D eigenvalue weighted by Crippen LogP contribution is -2.42. The molecular formula is C10H20ClNOS. The molecule has 0 radical (unpaired) electrons. The van der Waals surface area contributed by atoms with E-state index >= 15 is 0 Å². The molecule has 2 fully saturated rings. The number of hydrogen-bond donors (Lipinski definition) is 1. The van der Waals surface area contributed by atoms with E-state index in [1.807, 2.05) is 0 Å². The average molecular weight is 238 g/mol. The topological polar surface area (TPSA) is 21.3 Å². The molecule has 2 saturated heterocycles. The summed E-state index contributed by atoms with van der Waals surface area (Å²) < 4.78 is 5.79. The van der Waals surface area contributed by atoms with Gasteiger partial charge >= 0.3 is 0 Å². The van der Waals surface area contributed by atoms with Crippen LogP contribution in [0.5, 0.6) is 0 Å². The molecule has 84 valence electrons. The molecule has 2 aliphatic heterocycles. The average Bonchev–Trinajstić information content (AvgIpc) is 2.48. The molecule has 2 rings (SSSR count). The van der Waals surface area contributed by atoms with Gasteiger partial charge in [0.1, 0.15) is 6.23 Å². The maximum atomic E-state index is 5.79. The monoisotopic (exact) mass is 237 g/mol. The van der Waals surface area contributed by atoms with E-state index in [0.29, 0.717) is 6.23 Å². The summed E-state index contributed by atoms with van der Waals surface area (Å²) in [6, 6.07) is 0. The van der Waals surface area contributed by atoms with Crippen LogP contribution in [-0.2, 0) is 4.74 Å². The Bertz CT molecular complexity index is 183. The number of halogens is 1. The van der Waals surface area contributed by atoms with E-state index in [-0.39, 0.29) is 17.9 Å². The smallest absolute Gasteiger partial charge is 0.111 e. The fourth-order valence-corrected chi connectivity index (χ4v) is 3.18. The summed E-state index contributed by atoms with van der Waals surface area (Å²) in [4.78, 5) is 0. The van der Waals surface area contributed by atoms with Gasteiger partial charge in [-0.2, -0.15) is 11.8 Å². The number of thioether (sulfide) groups is 1. The van der Waals surface area contributed by atoms with Crippen molar-refractivity contribution in [3.63, 3.8) is 0 Å². The molecule has 2 aliphatic rings. The van der Waals surface area contributed by atoms with E-state index in [1.165, 1.54) is 24.3 Å². The predicted molar refractivity (Wildman–Crippen MR) is 64.3 cm³/mol. The number of rotatable bonds is 1. The van der Waals surface area contributed by atoms with Crippen LogP contribution in [0.3, 0.4) is 0 Å². The maximum Gasteiger partial charge on any atom is 0.111 e. The van der Waals surface area contributed by atoms with E-state index < -0.39 is 0 Å². The van der Waals surface area contributed by atoms with Gasteiger partial charge in [0.15, 0.2) is 0 Å². The van der Waals surface area contributed by atoms with Crippen molar-refractivity contribution >= 4 is 24.2 Å². The number of nitrogens with one attached hydrogen (secondary N) is 1. The van der Waals surface area contributed by atoms with Crippen LogP contribution in [0.1, 0.15) is 26.7 Å². The molecule has 2 heterocycles. The van der Waals surface area contributed by atoms with E-state index in [1.54, 1.807) is 0 Å². The highest BCUT2D eigenvalue weighted by molar-refractivity contribution is 7.99. The lowest BCUT2D eigenvalue weighted by Gasteiger charge is -2.27. The molecule has 0 aromatic heterocycles. The van der Waals surface area contributed by atoms with Crippen molar-refractivity contribution in [2.75, 3.05) is 18.1 Å². The van der Waals surface area contributed by atoms with Crippen molar-refractivity contribution in [3.8, 4) is 0 Å². The second-order valence-corrected chi connectivity index (χ2v) is 5.93. The summed E-state index contributed by atoms with van der Waals surface area (Å²) in [5.41, 5.74) is 0.190. The molecule has 0 spiro atoms. The first-order valence-corrected chi connectivity index (χ1v) is 6.30. The van der Waals surface area contributed by atoms with Crippen molar-refractivity contribution in [3.05, 3.63) is 0 Å². The van der Waals surface area contributed by atoms with Crippen LogP contribution in [0.2, 0.25) is 0 Å². The summed E-state index contributed by atoms with van der Waals surface area (Å²) >= 11 is 2.07. The van der Waals surface area contributed by atoms with Crippen LogP contribution in [0.4, 0.5) is 0 Å². The van der Waals surface area contributed by atoms with Gasteiger partial charge in [0.25, 0.3) is 0 Å². The Hall–Kier alpha value is 0.560. The van der Waals surface area contributed by atoms with Crippen LogP contribution in [0, 0.1) is 5.92 Å². The van der Waals surface area contributed by atoms with Gasteiger partial charge in [-0.15, -0.1) is 12.4 Å².